The molecule has 5 aromatic rings. The van der Waals surface area contributed by atoms with E-state index in [9.17, 15) is 9.59 Å². The normalized spacial score (nSPS) is 12.4. The van der Waals surface area contributed by atoms with Gasteiger partial charge in [0.25, 0.3) is 5.56 Å². The lowest BCUT2D eigenvalue weighted by molar-refractivity contribution is 0.0993. The lowest BCUT2D eigenvalue weighted by atomic mass is 10.0. The molecule has 1 unspecified atom stereocenters. The topological polar surface area (TPSA) is 69.3 Å². The van der Waals surface area contributed by atoms with E-state index in [0.717, 1.165) is 22.4 Å². The van der Waals surface area contributed by atoms with Crippen LogP contribution in [-0.4, -0.2) is 30.2 Å². The minimum Gasteiger partial charge on any atom is -0.293 e. The van der Waals surface area contributed by atoms with Gasteiger partial charge in [0.2, 0.25) is 5.78 Å². The number of aromatic nitrogens is 4. The van der Waals surface area contributed by atoms with Gasteiger partial charge in [-0.1, -0.05) is 53.7 Å². The van der Waals surface area contributed by atoms with Crippen molar-refractivity contribution in [3.63, 3.8) is 0 Å². The Morgan fingerprint density at radius 2 is 1.65 bits per heavy atom. The van der Waals surface area contributed by atoms with Gasteiger partial charge in [0.1, 0.15) is 0 Å². The van der Waals surface area contributed by atoms with E-state index in [1.54, 1.807) is 10.6 Å². The molecular formula is C27H24N4O2S. The van der Waals surface area contributed by atoms with Gasteiger partial charge in [0, 0.05) is 5.56 Å². The fourth-order valence-electron chi connectivity index (χ4n) is 4.02. The molecule has 0 amide bonds. The molecule has 34 heavy (non-hydrogen) atoms. The van der Waals surface area contributed by atoms with Crippen LogP contribution in [0, 0.1) is 20.8 Å². The summed E-state index contributed by atoms with van der Waals surface area (Å²) in [7, 11) is 0. The van der Waals surface area contributed by atoms with Crippen LogP contribution in [-0.2, 0) is 0 Å². The molecule has 2 aromatic heterocycles. The van der Waals surface area contributed by atoms with E-state index in [0.29, 0.717) is 27.4 Å². The summed E-state index contributed by atoms with van der Waals surface area (Å²) in [5, 5.41) is 9.53. The molecule has 0 aliphatic heterocycles. The summed E-state index contributed by atoms with van der Waals surface area (Å²) >= 11 is 1.34. The molecule has 1 atom stereocenters. The third-order valence-electron chi connectivity index (χ3n) is 6.13. The first kappa shape index (κ1) is 22.1. The summed E-state index contributed by atoms with van der Waals surface area (Å²) < 4.78 is 3.44. The highest BCUT2D eigenvalue weighted by atomic mass is 32.2. The van der Waals surface area contributed by atoms with Gasteiger partial charge in [0.15, 0.2) is 10.9 Å². The third kappa shape index (κ3) is 3.72. The Morgan fingerprint density at radius 1 is 0.912 bits per heavy atom. The highest BCUT2D eigenvalue weighted by molar-refractivity contribution is 8.00. The van der Waals surface area contributed by atoms with Crippen LogP contribution in [0.3, 0.4) is 0 Å². The Labute approximate surface area is 201 Å². The van der Waals surface area contributed by atoms with E-state index in [1.807, 2.05) is 92.8 Å². The largest absolute Gasteiger partial charge is 0.293 e. The molecule has 0 aliphatic rings. The predicted octanol–water partition coefficient (Wildman–Crippen LogP) is 5.32. The van der Waals surface area contributed by atoms with E-state index in [4.69, 9.17) is 0 Å². The first-order chi connectivity index (χ1) is 16.3. The fraction of sp³-hybridized carbons (Fsp3) is 0.185. The van der Waals surface area contributed by atoms with Crippen molar-refractivity contribution in [2.75, 3.05) is 0 Å². The summed E-state index contributed by atoms with van der Waals surface area (Å²) in [6.45, 7) is 7.92. The first-order valence-electron chi connectivity index (χ1n) is 11.1. The average molecular weight is 469 g/mol. The molecule has 7 heteroatoms. The fourth-order valence-corrected chi connectivity index (χ4v) is 4.96. The molecule has 0 fully saturated rings. The van der Waals surface area contributed by atoms with Crippen molar-refractivity contribution < 1.29 is 4.79 Å². The summed E-state index contributed by atoms with van der Waals surface area (Å²) in [6, 6.07) is 20.9. The predicted molar refractivity (Wildman–Crippen MR) is 136 cm³/mol. The van der Waals surface area contributed by atoms with Gasteiger partial charge in [-0.3, -0.25) is 14.0 Å². The zero-order chi connectivity index (χ0) is 24.0. The smallest absolute Gasteiger partial charge is 0.267 e. The van der Waals surface area contributed by atoms with Gasteiger partial charge in [-0.25, -0.2) is 4.57 Å². The number of hydrogen-bond acceptors (Lipinski definition) is 5. The standard InChI is InChI=1S/C27H24N4O2S/c1-16-9-13-21(14-10-16)30-25(33)22-7-5-6-8-23(22)31-26(30)28-29-27(31)34-19(4)24(32)20-12-11-17(2)18(3)15-20/h5-15,19H,1-4H3. The van der Waals surface area contributed by atoms with Crippen molar-refractivity contribution >= 4 is 34.2 Å². The van der Waals surface area contributed by atoms with Crippen LogP contribution < -0.4 is 5.56 Å². The molecule has 0 saturated carbocycles. The minimum atomic E-state index is -0.381. The Bertz CT molecular complexity index is 1620. The van der Waals surface area contributed by atoms with Crippen LogP contribution in [0.25, 0.3) is 22.4 Å². The van der Waals surface area contributed by atoms with Gasteiger partial charge < -0.3 is 0 Å². The Hall–Kier alpha value is -3.71. The number of Topliss-reactive ketones (excluding diaryl/α,β-unsaturated/α-hetero) is 1. The molecule has 0 N–H and O–H groups in total. The van der Waals surface area contributed by atoms with E-state index in [1.165, 1.54) is 11.8 Å². The zero-order valence-electron chi connectivity index (χ0n) is 19.4. The summed E-state index contributed by atoms with van der Waals surface area (Å²) in [4.78, 5) is 26.6. The van der Waals surface area contributed by atoms with Crippen molar-refractivity contribution in [1.82, 2.24) is 19.2 Å². The molecule has 0 spiro atoms. The first-order valence-corrected chi connectivity index (χ1v) is 12.0. The number of ketones is 1. The van der Waals surface area contributed by atoms with Crippen LogP contribution in [0.5, 0.6) is 0 Å². The monoisotopic (exact) mass is 468 g/mol. The maximum absolute atomic E-state index is 13.4. The highest BCUT2D eigenvalue weighted by Crippen LogP contribution is 2.28. The van der Waals surface area contributed by atoms with Crippen LogP contribution in [0.1, 0.15) is 34.0 Å². The van der Waals surface area contributed by atoms with Gasteiger partial charge in [-0.15, -0.1) is 10.2 Å². The number of carbonyl (C=O) groups excluding carboxylic acids is 1. The SMILES string of the molecule is Cc1ccc(-n2c(=O)c3ccccc3n3c(SC(C)C(=O)c4ccc(C)c(C)c4)nnc23)cc1. The Kier molecular flexibility index (Phi) is 5.57. The van der Waals surface area contributed by atoms with Crippen molar-refractivity contribution in [3.8, 4) is 5.69 Å². The zero-order valence-corrected chi connectivity index (χ0v) is 20.3. The minimum absolute atomic E-state index is 0.0287. The maximum atomic E-state index is 13.4. The Morgan fingerprint density at radius 3 is 2.38 bits per heavy atom. The molecule has 0 saturated heterocycles. The van der Waals surface area contributed by atoms with E-state index in [-0.39, 0.29) is 16.6 Å². The van der Waals surface area contributed by atoms with Gasteiger partial charge >= 0.3 is 0 Å². The van der Waals surface area contributed by atoms with Gasteiger partial charge in [-0.05, 0) is 69.2 Å². The summed E-state index contributed by atoms with van der Waals surface area (Å²) in [5.74, 6) is 0.446. The average Bonchev–Trinajstić information content (AvgIpc) is 3.25. The number of fused-ring (bicyclic) bond motifs is 3. The van der Waals surface area contributed by atoms with Crippen LogP contribution in [0.2, 0.25) is 0 Å². The van der Waals surface area contributed by atoms with Crippen molar-refractivity contribution in [3.05, 3.63) is 99.3 Å². The van der Waals surface area contributed by atoms with Crippen molar-refractivity contribution in [2.45, 2.75) is 38.1 Å². The third-order valence-corrected chi connectivity index (χ3v) is 7.17. The lowest BCUT2D eigenvalue weighted by Crippen LogP contribution is -2.22. The van der Waals surface area contributed by atoms with Crippen LogP contribution in [0.15, 0.2) is 76.7 Å². The number of aryl methyl sites for hydroxylation is 3. The molecular weight excluding hydrogens is 444 g/mol. The number of thioether (sulfide) groups is 1. The van der Waals surface area contributed by atoms with Gasteiger partial charge in [-0.2, -0.15) is 0 Å². The Balaban J connectivity index is 1.64. The number of nitrogens with zero attached hydrogens (tertiary/aromatic N) is 4. The van der Waals surface area contributed by atoms with E-state index >= 15 is 0 Å². The van der Waals surface area contributed by atoms with E-state index in [2.05, 4.69) is 10.2 Å². The number of hydrogen-bond donors (Lipinski definition) is 0. The molecule has 0 radical (unpaired) electrons. The number of benzene rings is 3. The summed E-state index contributed by atoms with van der Waals surface area (Å²) in [5.41, 5.74) is 5.29. The second-order valence-corrected chi connectivity index (χ2v) is 9.84. The number of carbonyl (C=O) groups is 1. The highest BCUT2D eigenvalue weighted by Gasteiger charge is 2.23. The second-order valence-electron chi connectivity index (χ2n) is 8.53. The molecule has 5 rings (SSSR count). The quantitative estimate of drug-likeness (QED) is 0.258. The maximum Gasteiger partial charge on any atom is 0.267 e. The molecule has 0 bridgehead atoms. The van der Waals surface area contributed by atoms with Crippen LogP contribution in [0.4, 0.5) is 0 Å². The lowest BCUT2D eigenvalue weighted by Gasteiger charge is -2.13. The molecule has 2 heterocycles. The molecule has 170 valence electrons. The van der Waals surface area contributed by atoms with E-state index < -0.39 is 0 Å². The number of para-hydroxylation sites is 1. The van der Waals surface area contributed by atoms with Gasteiger partial charge in [0.05, 0.1) is 21.8 Å². The van der Waals surface area contributed by atoms with Crippen molar-refractivity contribution in [1.29, 1.82) is 0 Å². The van der Waals surface area contributed by atoms with Crippen molar-refractivity contribution in [2.24, 2.45) is 0 Å². The summed E-state index contributed by atoms with van der Waals surface area (Å²) in [6.07, 6.45) is 0. The molecule has 6 nitrogen and oxygen atoms in total. The van der Waals surface area contributed by atoms with Crippen LogP contribution >= 0.6 is 11.8 Å². The number of rotatable bonds is 5. The second kappa shape index (κ2) is 8.57. The molecule has 3 aromatic carbocycles. The molecule has 0 aliphatic carbocycles.